The van der Waals surface area contributed by atoms with E-state index in [1.165, 1.54) is 7.11 Å². The summed E-state index contributed by atoms with van der Waals surface area (Å²) in [6.45, 7) is 6.93. The Balaban J connectivity index is 3.73. The number of ether oxygens (including phenoxy) is 1. The molecule has 0 saturated heterocycles. The number of carbonyl (C=O) groups excluding carboxylic acids is 1. The van der Waals surface area contributed by atoms with E-state index in [0.717, 1.165) is 0 Å². The number of amides is 1. The van der Waals surface area contributed by atoms with Gasteiger partial charge in [0.15, 0.2) is 0 Å². The molecule has 1 N–H and O–H groups in total. The van der Waals surface area contributed by atoms with E-state index in [4.69, 9.17) is 4.74 Å². The van der Waals surface area contributed by atoms with Crippen molar-refractivity contribution in [2.24, 2.45) is 0 Å². The third-order valence-corrected chi connectivity index (χ3v) is 1.06. The van der Waals surface area contributed by atoms with Crippen LogP contribution in [0.5, 0.6) is 0 Å². The van der Waals surface area contributed by atoms with Gasteiger partial charge in [-0.3, -0.25) is 4.79 Å². The minimum absolute atomic E-state index is 0.157. The predicted molar refractivity (Wildman–Crippen MR) is 39.4 cm³/mol. The molecule has 1 unspecified atom stereocenters. The largest absolute Gasteiger partial charge is 0.372 e. The quantitative estimate of drug-likeness (QED) is 0.630. The van der Waals surface area contributed by atoms with E-state index in [-0.39, 0.29) is 5.91 Å². The van der Waals surface area contributed by atoms with Gasteiger partial charge in [-0.05, 0) is 13.8 Å². The van der Waals surface area contributed by atoms with Crippen LogP contribution in [0.3, 0.4) is 0 Å². The second-order valence-electron chi connectivity index (χ2n) is 2.15. The normalized spacial score (nSPS) is 12.3. The van der Waals surface area contributed by atoms with Gasteiger partial charge in [-0.2, -0.15) is 0 Å². The Morgan fingerprint density at radius 1 is 1.70 bits per heavy atom. The Hall–Kier alpha value is -0.830. The van der Waals surface area contributed by atoms with Crippen LogP contribution in [0.1, 0.15) is 13.8 Å². The molecule has 0 saturated carbocycles. The minimum Gasteiger partial charge on any atom is -0.372 e. The summed E-state index contributed by atoms with van der Waals surface area (Å²) in [7, 11) is 1.49. The van der Waals surface area contributed by atoms with Crippen LogP contribution in [0.15, 0.2) is 12.3 Å². The standard InChI is InChI=1S/C7H13NO2/c1-5(2)8-7(9)6(3)10-4/h6H,1H2,2-4H3,(H,8,9). The lowest BCUT2D eigenvalue weighted by molar-refractivity contribution is -0.129. The molecule has 3 nitrogen and oxygen atoms in total. The van der Waals surface area contributed by atoms with Crippen LogP contribution in [0.4, 0.5) is 0 Å². The summed E-state index contributed by atoms with van der Waals surface area (Å²) in [4.78, 5) is 10.9. The molecule has 0 radical (unpaired) electrons. The van der Waals surface area contributed by atoms with Gasteiger partial charge in [-0.15, -0.1) is 0 Å². The second kappa shape index (κ2) is 4.06. The fourth-order valence-corrected chi connectivity index (χ4v) is 0.419. The number of rotatable bonds is 3. The van der Waals surface area contributed by atoms with Crippen molar-refractivity contribution in [2.45, 2.75) is 20.0 Å². The first-order chi connectivity index (χ1) is 4.57. The van der Waals surface area contributed by atoms with E-state index in [1.54, 1.807) is 13.8 Å². The third kappa shape index (κ3) is 3.25. The maximum atomic E-state index is 10.9. The topological polar surface area (TPSA) is 38.3 Å². The summed E-state index contributed by atoms with van der Waals surface area (Å²) in [5.74, 6) is -0.157. The van der Waals surface area contributed by atoms with Crippen molar-refractivity contribution in [3.8, 4) is 0 Å². The van der Waals surface area contributed by atoms with Crippen molar-refractivity contribution in [1.82, 2.24) is 5.32 Å². The van der Waals surface area contributed by atoms with E-state index in [2.05, 4.69) is 11.9 Å². The molecule has 0 heterocycles. The maximum Gasteiger partial charge on any atom is 0.252 e. The van der Waals surface area contributed by atoms with E-state index < -0.39 is 6.10 Å². The molecule has 0 aliphatic rings. The van der Waals surface area contributed by atoms with E-state index >= 15 is 0 Å². The van der Waals surface area contributed by atoms with E-state index in [0.29, 0.717) is 5.70 Å². The lowest BCUT2D eigenvalue weighted by Crippen LogP contribution is -2.32. The number of allylic oxidation sites excluding steroid dienone is 1. The van der Waals surface area contributed by atoms with Gasteiger partial charge in [-0.1, -0.05) is 6.58 Å². The molecule has 0 aliphatic carbocycles. The van der Waals surface area contributed by atoms with Crippen molar-refractivity contribution >= 4 is 5.91 Å². The minimum atomic E-state index is -0.406. The molecule has 0 aromatic carbocycles. The van der Waals surface area contributed by atoms with Crippen molar-refractivity contribution in [1.29, 1.82) is 0 Å². The zero-order valence-electron chi connectivity index (χ0n) is 6.60. The SMILES string of the molecule is C=C(C)NC(=O)C(C)OC. The molecule has 0 aliphatic heterocycles. The summed E-state index contributed by atoms with van der Waals surface area (Å²) >= 11 is 0. The molecule has 0 aromatic rings. The zero-order valence-corrected chi connectivity index (χ0v) is 6.60. The molecular formula is C7H13NO2. The van der Waals surface area contributed by atoms with Gasteiger partial charge in [0.05, 0.1) is 0 Å². The molecule has 1 atom stereocenters. The maximum absolute atomic E-state index is 10.9. The van der Waals surface area contributed by atoms with Gasteiger partial charge >= 0.3 is 0 Å². The predicted octanol–water partition coefficient (Wildman–Crippen LogP) is 0.671. The monoisotopic (exact) mass is 143 g/mol. The molecule has 0 spiro atoms. The van der Waals surface area contributed by atoms with Crippen molar-refractivity contribution in [3.63, 3.8) is 0 Å². The third-order valence-electron chi connectivity index (χ3n) is 1.06. The van der Waals surface area contributed by atoms with E-state index in [1.807, 2.05) is 0 Å². The first kappa shape index (κ1) is 9.17. The molecule has 0 aromatic heterocycles. The van der Waals surface area contributed by atoms with E-state index in [9.17, 15) is 4.79 Å². The van der Waals surface area contributed by atoms with Crippen LogP contribution in [0, 0.1) is 0 Å². The highest BCUT2D eigenvalue weighted by Crippen LogP contribution is 1.88. The van der Waals surface area contributed by atoms with Gasteiger partial charge in [0.25, 0.3) is 5.91 Å². The molecule has 1 amide bonds. The Bertz CT molecular complexity index is 143. The molecule has 0 bridgehead atoms. The fraction of sp³-hybridized carbons (Fsp3) is 0.571. The van der Waals surface area contributed by atoms with Gasteiger partial charge in [0.1, 0.15) is 6.10 Å². The molecular weight excluding hydrogens is 130 g/mol. The number of hydrogen-bond acceptors (Lipinski definition) is 2. The Labute approximate surface area is 61.1 Å². The van der Waals surface area contributed by atoms with Crippen molar-refractivity contribution in [3.05, 3.63) is 12.3 Å². The molecule has 0 fully saturated rings. The molecule has 3 heteroatoms. The van der Waals surface area contributed by atoms with Crippen LogP contribution in [-0.4, -0.2) is 19.1 Å². The number of nitrogens with one attached hydrogen (secondary N) is 1. The molecule has 0 rings (SSSR count). The number of hydrogen-bond donors (Lipinski definition) is 1. The Morgan fingerprint density at radius 3 is 2.50 bits per heavy atom. The van der Waals surface area contributed by atoms with Gasteiger partial charge in [-0.25, -0.2) is 0 Å². The van der Waals surface area contributed by atoms with Gasteiger partial charge in [0.2, 0.25) is 0 Å². The Morgan fingerprint density at radius 2 is 2.20 bits per heavy atom. The smallest absolute Gasteiger partial charge is 0.252 e. The zero-order chi connectivity index (χ0) is 8.15. The van der Waals surface area contributed by atoms with Crippen LogP contribution in [0.2, 0.25) is 0 Å². The highest BCUT2D eigenvalue weighted by molar-refractivity contribution is 5.81. The first-order valence-electron chi connectivity index (χ1n) is 3.07. The molecule has 58 valence electrons. The Kier molecular flexibility index (Phi) is 3.72. The average Bonchev–Trinajstić information content (AvgIpc) is 1.85. The van der Waals surface area contributed by atoms with Crippen LogP contribution in [-0.2, 0) is 9.53 Å². The average molecular weight is 143 g/mol. The summed E-state index contributed by atoms with van der Waals surface area (Å²) in [6.07, 6.45) is -0.406. The number of carbonyl (C=O) groups is 1. The van der Waals surface area contributed by atoms with Crippen LogP contribution < -0.4 is 5.32 Å². The number of methoxy groups -OCH3 is 1. The van der Waals surface area contributed by atoms with Crippen molar-refractivity contribution in [2.75, 3.05) is 7.11 Å². The van der Waals surface area contributed by atoms with Crippen LogP contribution in [0.25, 0.3) is 0 Å². The van der Waals surface area contributed by atoms with Crippen molar-refractivity contribution < 1.29 is 9.53 Å². The summed E-state index contributed by atoms with van der Waals surface area (Å²) < 4.78 is 4.76. The summed E-state index contributed by atoms with van der Waals surface area (Å²) in [5.41, 5.74) is 0.633. The summed E-state index contributed by atoms with van der Waals surface area (Å²) in [6, 6.07) is 0. The van der Waals surface area contributed by atoms with Crippen LogP contribution >= 0.6 is 0 Å². The second-order valence-corrected chi connectivity index (χ2v) is 2.15. The highest BCUT2D eigenvalue weighted by atomic mass is 16.5. The highest BCUT2D eigenvalue weighted by Gasteiger charge is 2.09. The lowest BCUT2D eigenvalue weighted by atomic mass is 10.3. The molecule has 10 heavy (non-hydrogen) atoms. The summed E-state index contributed by atoms with van der Waals surface area (Å²) in [5, 5.41) is 2.54. The van der Waals surface area contributed by atoms with Gasteiger partial charge < -0.3 is 10.1 Å². The van der Waals surface area contributed by atoms with Gasteiger partial charge in [0, 0.05) is 12.8 Å². The lowest BCUT2D eigenvalue weighted by Gasteiger charge is -2.08. The first-order valence-corrected chi connectivity index (χ1v) is 3.07. The fourth-order valence-electron chi connectivity index (χ4n) is 0.419.